The number of nitrogens with zero attached hydrogens (tertiary/aromatic N) is 7. The van der Waals surface area contributed by atoms with Gasteiger partial charge in [-0.1, -0.05) is 0 Å². The van der Waals surface area contributed by atoms with Gasteiger partial charge < -0.3 is 10.2 Å². The smallest absolute Gasteiger partial charge is 0.317 e. The van der Waals surface area contributed by atoms with Crippen LogP contribution in [0.2, 0.25) is 0 Å². The van der Waals surface area contributed by atoms with E-state index in [-0.39, 0.29) is 12.1 Å². The third kappa shape index (κ3) is 4.81. The zero-order chi connectivity index (χ0) is 18.5. The van der Waals surface area contributed by atoms with Gasteiger partial charge in [-0.3, -0.25) is 14.3 Å². The van der Waals surface area contributed by atoms with Crippen molar-refractivity contribution >= 4 is 6.03 Å². The van der Waals surface area contributed by atoms with E-state index in [1.165, 1.54) is 0 Å². The Morgan fingerprint density at radius 2 is 2.00 bits per heavy atom. The van der Waals surface area contributed by atoms with Crippen molar-refractivity contribution in [1.82, 2.24) is 39.7 Å². The number of hydrogen-bond donors (Lipinski definition) is 1. The van der Waals surface area contributed by atoms with Gasteiger partial charge in [-0.2, -0.15) is 10.2 Å². The fraction of sp³-hybridized carbons (Fsp3) is 0.647. The number of aromatic nitrogens is 5. The van der Waals surface area contributed by atoms with Gasteiger partial charge in [-0.15, -0.1) is 0 Å². The molecule has 0 saturated carbocycles. The lowest BCUT2D eigenvalue weighted by atomic mass is 10.3. The van der Waals surface area contributed by atoms with Crippen LogP contribution in [0.25, 0.3) is 0 Å². The first kappa shape index (κ1) is 18.4. The summed E-state index contributed by atoms with van der Waals surface area (Å²) in [5.41, 5.74) is 2.12. The molecule has 0 radical (unpaired) electrons. The van der Waals surface area contributed by atoms with Crippen LogP contribution in [-0.4, -0.2) is 79.1 Å². The fourth-order valence-electron chi connectivity index (χ4n) is 3.23. The van der Waals surface area contributed by atoms with Crippen molar-refractivity contribution in [2.45, 2.75) is 39.9 Å². The van der Waals surface area contributed by atoms with Crippen molar-refractivity contribution in [2.24, 2.45) is 0 Å². The van der Waals surface area contributed by atoms with Crippen LogP contribution in [0, 0.1) is 13.8 Å². The van der Waals surface area contributed by atoms with Crippen LogP contribution < -0.4 is 5.32 Å². The molecule has 2 aromatic heterocycles. The van der Waals surface area contributed by atoms with Gasteiger partial charge in [-0.05, 0) is 26.8 Å². The summed E-state index contributed by atoms with van der Waals surface area (Å²) in [6, 6.07) is 2.09. The second kappa shape index (κ2) is 8.31. The molecule has 0 aliphatic carbocycles. The predicted octanol–water partition coefficient (Wildman–Crippen LogP) is 0.507. The highest BCUT2D eigenvalue weighted by Gasteiger charge is 2.22. The number of carbonyl (C=O) groups excluding carboxylic acids is 1. The van der Waals surface area contributed by atoms with E-state index < -0.39 is 0 Å². The van der Waals surface area contributed by atoms with Crippen LogP contribution in [-0.2, 0) is 13.1 Å². The maximum absolute atomic E-state index is 12.5. The third-order valence-electron chi connectivity index (χ3n) is 4.69. The SMILES string of the molecule is Cc1cc(C)n(CC(C)NC(=O)N2CCN(CCn3cncn3)CC2)n1. The lowest BCUT2D eigenvalue weighted by Crippen LogP contribution is -2.53. The molecule has 9 heteroatoms. The zero-order valence-corrected chi connectivity index (χ0v) is 15.8. The first-order chi connectivity index (χ1) is 12.5. The predicted molar refractivity (Wildman–Crippen MR) is 97.7 cm³/mol. The van der Waals surface area contributed by atoms with Gasteiger partial charge in [0.1, 0.15) is 12.7 Å². The largest absolute Gasteiger partial charge is 0.334 e. The van der Waals surface area contributed by atoms with E-state index in [0.29, 0.717) is 6.54 Å². The average Bonchev–Trinajstić information content (AvgIpc) is 3.23. The Balaban J connectivity index is 1.39. The van der Waals surface area contributed by atoms with E-state index in [9.17, 15) is 4.79 Å². The molecule has 3 rings (SSSR count). The van der Waals surface area contributed by atoms with Gasteiger partial charge in [0.15, 0.2) is 0 Å². The summed E-state index contributed by atoms with van der Waals surface area (Å²) in [7, 11) is 0. The van der Waals surface area contributed by atoms with E-state index in [1.807, 2.05) is 41.1 Å². The molecule has 2 amide bonds. The second-order valence-electron chi connectivity index (χ2n) is 6.95. The van der Waals surface area contributed by atoms with Crippen molar-refractivity contribution in [3.8, 4) is 0 Å². The number of urea groups is 1. The first-order valence-electron chi connectivity index (χ1n) is 9.12. The lowest BCUT2D eigenvalue weighted by molar-refractivity contribution is 0.133. The topological polar surface area (TPSA) is 84.1 Å². The molecule has 1 unspecified atom stereocenters. The second-order valence-corrected chi connectivity index (χ2v) is 6.95. The highest BCUT2D eigenvalue weighted by atomic mass is 16.2. The Bertz CT molecular complexity index is 702. The Labute approximate surface area is 154 Å². The molecule has 3 heterocycles. The van der Waals surface area contributed by atoms with E-state index in [0.717, 1.165) is 50.7 Å². The van der Waals surface area contributed by atoms with E-state index >= 15 is 0 Å². The number of amides is 2. The van der Waals surface area contributed by atoms with E-state index in [2.05, 4.69) is 25.4 Å². The molecule has 0 bridgehead atoms. The number of hydrogen-bond acceptors (Lipinski definition) is 5. The summed E-state index contributed by atoms with van der Waals surface area (Å²) in [6.45, 7) is 11.7. The molecule has 142 valence electrons. The van der Waals surface area contributed by atoms with Crippen molar-refractivity contribution < 1.29 is 4.79 Å². The van der Waals surface area contributed by atoms with Gasteiger partial charge in [-0.25, -0.2) is 9.78 Å². The monoisotopic (exact) mass is 360 g/mol. The number of piperazine rings is 1. The number of carbonyl (C=O) groups is 1. The van der Waals surface area contributed by atoms with Gasteiger partial charge >= 0.3 is 6.03 Å². The van der Waals surface area contributed by atoms with Crippen LogP contribution in [0.4, 0.5) is 4.79 Å². The van der Waals surface area contributed by atoms with Crippen LogP contribution in [0.3, 0.4) is 0 Å². The number of rotatable bonds is 6. The summed E-state index contributed by atoms with van der Waals surface area (Å²) in [6.07, 6.45) is 3.28. The minimum Gasteiger partial charge on any atom is -0.334 e. The standard InChI is InChI=1S/C17H28N8O/c1-14-10-16(3)25(21-14)11-15(2)20-17(26)23-7-4-22(5-8-23)6-9-24-13-18-12-19-24/h10,12-13,15H,4-9,11H2,1-3H3,(H,20,26). The maximum atomic E-state index is 12.5. The molecule has 1 saturated heterocycles. The normalized spacial score (nSPS) is 16.7. The highest BCUT2D eigenvalue weighted by molar-refractivity contribution is 5.74. The number of nitrogens with one attached hydrogen (secondary N) is 1. The molecule has 1 aliphatic heterocycles. The van der Waals surface area contributed by atoms with Crippen molar-refractivity contribution in [3.05, 3.63) is 30.1 Å². The molecule has 0 spiro atoms. The van der Waals surface area contributed by atoms with Gasteiger partial charge in [0.25, 0.3) is 0 Å². The Morgan fingerprint density at radius 1 is 1.23 bits per heavy atom. The minimum absolute atomic E-state index is 0.00922. The molecule has 1 atom stereocenters. The molecule has 2 aromatic rings. The minimum atomic E-state index is 0.00922. The van der Waals surface area contributed by atoms with Gasteiger partial charge in [0.05, 0.1) is 18.8 Å². The molecule has 1 aliphatic rings. The Morgan fingerprint density at radius 3 is 2.62 bits per heavy atom. The quantitative estimate of drug-likeness (QED) is 0.811. The molecule has 9 nitrogen and oxygen atoms in total. The highest BCUT2D eigenvalue weighted by Crippen LogP contribution is 2.05. The summed E-state index contributed by atoms with van der Waals surface area (Å²) < 4.78 is 3.78. The number of aryl methyl sites for hydroxylation is 2. The summed E-state index contributed by atoms with van der Waals surface area (Å²) in [4.78, 5) is 20.7. The third-order valence-corrected chi connectivity index (χ3v) is 4.69. The summed E-state index contributed by atoms with van der Waals surface area (Å²) in [5.74, 6) is 0. The van der Waals surface area contributed by atoms with Crippen LogP contribution >= 0.6 is 0 Å². The Kier molecular flexibility index (Phi) is 5.87. The molecule has 1 N–H and O–H groups in total. The van der Waals surface area contributed by atoms with E-state index in [1.54, 1.807) is 12.7 Å². The fourth-order valence-corrected chi connectivity index (χ4v) is 3.23. The average molecular weight is 360 g/mol. The van der Waals surface area contributed by atoms with Gasteiger partial charge in [0.2, 0.25) is 0 Å². The van der Waals surface area contributed by atoms with Crippen molar-refractivity contribution in [1.29, 1.82) is 0 Å². The van der Waals surface area contributed by atoms with Gasteiger partial charge in [0, 0.05) is 44.5 Å². The summed E-state index contributed by atoms with van der Waals surface area (Å²) >= 11 is 0. The lowest BCUT2D eigenvalue weighted by Gasteiger charge is -2.35. The van der Waals surface area contributed by atoms with Crippen molar-refractivity contribution in [2.75, 3.05) is 32.7 Å². The molecule has 26 heavy (non-hydrogen) atoms. The summed E-state index contributed by atoms with van der Waals surface area (Å²) in [5, 5.41) is 11.7. The molecule has 0 aromatic carbocycles. The maximum Gasteiger partial charge on any atom is 0.317 e. The van der Waals surface area contributed by atoms with Crippen molar-refractivity contribution in [3.63, 3.8) is 0 Å². The van der Waals surface area contributed by atoms with Crippen LogP contribution in [0.15, 0.2) is 18.7 Å². The molecular formula is C17H28N8O. The van der Waals surface area contributed by atoms with E-state index in [4.69, 9.17) is 0 Å². The zero-order valence-electron chi connectivity index (χ0n) is 15.8. The first-order valence-corrected chi connectivity index (χ1v) is 9.12. The van der Waals surface area contributed by atoms with Crippen LogP contribution in [0.5, 0.6) is 0 Å². The van der Waals surface area contributed by atoms with Crippen LogP contribution in [0.1, 0.15) is 18.3 Å². The molecule has 1 fully saturated rings. The molecular weight excluding hydrogens is 332 g/mol. The Hall–Kier alpha value is -2.42.